The van der Waals surface area contributed by atoms with Crippen molar-refractivity contribution in [3.63, 3.8) is 0 Å². The summed E-state index contributed by atoms with van der Waals surface area (Å²) in [5.41, 5.74) is -0.251. The quantitative estimate of drug-likeness (QED) is 0.752. The van der Waals surface area contributed by atoms with Gasteiger partial charge in [0, 0.05) is 18.2 Å². The maximum absolute atomic E-state index is 12.3. The first kappa shape index (κ1) is 12.8. The van der Waals surface area contributed by atoms with E-state index >= 15 is 0 Å². The Morgan fingerprint density at radius 3 is 2.89 bits per heavy atom. The van der Waals surface area contributed by atoms with Crippen LogP contribution in [0.4, 0.5) is 0 Å². The van der Waals surface area contributed by atoms with Crippen LogP contribution in [0.3, 0.4) is 0 Å². The van der Waals surface area contributed by atoms with E-state index in [9.17, 15) is 9.59 Å². The highest BCUT2D eigenvalue weighted by Gasteiger charge is 2.26. The minimum Gasteiger partial charge on any atom is -0.462 e. The van der Waals surface area contributed by atoms with Crippen LogP contribution in [-0.4, -0.2) is 22.1 Å². The number of carbonyl (C=O) groups is 1. The molecule has 0 fully saturated rings. The van der Waals surface area contributed by atoms with Gasteiger partial charge in [-0.2, -0.15) is 0 Å². The molecule has 0 saturated heterocycles. The first-order valence-electron chi connectivity index (χ1n) is 6.34. The minimum atomic E-state index is -0.587. The first-order chi connectivity index (χ1) is 8.56. The molecule has 0 saturated carbocycles. The number of fused-ring (bicyclic) bond motifs is 1. The predicted octanol–water partition coefficient (Wildman–Crippen LogP) is 1.88. The zero-order chi connectivity index (χ0) is 13.3. The van der Waals surface area contributed by atoms with Gasteiger partial charge in [0.25, 0.3) is 5.56 Å². The topological polar surface area (TPSA) is 61.2 Å². The van der Waals surface area contributed by atoms with Crippen LogP contribution in [0.15, 0.2) is 11.0 Å². The Morgan fingerprint density at radius 2 is 2.22 bits per heavy atom. The maximum atomic E-state index is 12.3. The van der Waals surface area contributed by atoms with Crippen molar-refractivity contribution in [3.8, 4) is 0 Å². The predicted molar refractivity (Wildman–Crippen MR) is 66.8 cm³/mol. The average Bonchev–Trinajstić information content (AvgIpc) is 2.34. The number of ether oxygens (including phenoxy) is 1. The summed E-state index contributed by atoms with van der Waals surface area (Å²) in [6, 6.07) is 0.0885. The van der Waals surface area contributed by atoms with Crippen molar-refractivity contribution in [1.82, 2.24) is 9.55 Å². The summed E-state index contributed by atoms with van der Waals surface area (Å²) in [6.07, 6.45) is 3.30. The van der Waals surface area contributed by atoms with E-state index in [0.717, 1.165) is 18.7 Å². The molecule has 1 aliphatic rings. The van der Waals surface area contributed by atoms with E-state index in [4.69, 9.17) is 4.74 Å². The highest BCUT2D eigenvalue weighted by molar-refractivity contribution is 5.88. The monoisotopic (exact) mass is 250 g/mol. The molecule has 0 aliphatic carbocycles. The van der Waals surface area contributed by atoms with E-state index in [2.05, 4.69) is 4.98 Å². The van der Waals surface area contributed by atoms with Crippen LogP contribution in [0.2, 0.25) is 0 Å². The molecule has 0 radical (unpaired) electrons. The zero-order valence-electron chi connectivity index (χ0n) is 11.0. The van der Waals surface area contributed by atoms with Gasteiger partial charge in [0.1, 0.15) is 11.4 Å². The number of hydrogen-bond acceptors (Lipinski definition) is 4. The Bertz CT molecular complexity index is 521. The lowest BCUT2D eigenvalue weighted by atomic mass is 9.96. The second kappa shape index (κ2) is 4.92. The molecule has 1 aliphatic heterocycles. The SMILES string of the molecule is CCOC(=O)c1cnc2n(c1=O)[C@@H](C)CC[C@@H]2C. The number of carbonyl (C=O) groups excluding carboxylic acids is 1. The van der Waals surface area contributed by atoms with Crippen molar-refractivity contribution in [2.45, 2.75) is 45.6 Å². The fourth-order valence-electron chi connectivity index (χ4n) is 2.37. The number of aromatic nitrogens is 2. The van der Waals surface area contributed by atoms with Crippen molar-refractivity contribution >= 4 is 5.97 Å². The summed E-state index contributed by atoms with van der Waals surface area (Å²) in [4.78, 5) is 28.2. The van der Waals surface area contributed by atoms with Gasteiger partial charge in [0.05, 0.1) is 6.61 Å². The summed E-state index contributed by atoms with van der Waals surface area (Å²) in [5.74, 6) is 0.438. The van der Waals surface area contributed by atoms with Gasteiger partial charge in [0.2, 0.25) is 0 Å². The lowest BCUT2D eigenvalue weighted by molar-refractivity contribution is 0.0522. The number of rotatable bonds is 2. The molecular weight excluding hydrogens is 232 g/mol. The van der Waals surface area contributed by atoms with Gasteiger partial charge in [-0.1, -0.05) is 6.92 Å². The molecule has 2 atom stereocenters. The molecule has 0 unspecified atom stereocenters. The Hall–Kier alpha value is -1.65. The Balaban J connectivity index is 2.52. The van der Waals surface area contributed by atoms with Gasteiger partial charge < -0.3 is 4.74 Å². The van der Waals surface area contributed by atoms with E-state index in [-0.39, 0.29) is 29.7 Å². The normalized spacial score (nSPS) is 22.4. The van der Waals surface area contributed by atoms with Crippen molar-refractivity contribution in [2.24, 2.45) is 0 Å². The smallest absolute Gasteiger partial charge is 0.345 e. The number of nitrogens with zero attached hydrogens (tertiary/aromatic N) is 2. The van der Waals surface area contributed by atoms with Gasteiger partial charge in [-0.15, -0.1) is 0 Å². The molecule has 2 rings (SSSR count). The second-order valence-corrected chi connectivity index (χ2v) is 4.75. The zero-order valence-corrected chi connectivity index (χ0v) is 11.0. The summed E-state index contributed by atoms with van der Waals surface area (Å²) >= 11 is 0. The fourth-order valence-corrected chi connectivity index (χ4v) is 2.37. The molecule has 2 heterocycles. The molecule has 0 bridgehead atoms. The molecule has 18 heavy (non-hydrogen) atoms. The van der Waals surface area contributed by atoms with Crippen LogP contribution in [0, 0.1) is 0 Å². The van der Waals surface area contributed by atoms with Gasteiger partial charge in [0.15, 0.2) is 0 Å². The van der Waals surface area contributed by atoms with Crippen molar-refractivity contribution < 1.29 is 9.53 Å². The van der Waals surface area contributed by atoms with E-state index in [1.54, 1.807) is 11.5 Å². The molecule has 1 aromatic rings. The first-order valence-corrected chi connectivity index (χ1v) is 6.34. The van der Waals surface area contributed by atoms with Crippen LogP contribution < -0.4 is 5.56 Å². The van der Waals surface area contributed by atoms with E-state index in [0.29, 0.717) is 0 Å². The van der Waals surface area contributed by atoms with Crippen LogP contribution in [0.1, 0.15) is 61.8 Å². The van der Waals surface area contributed by atoms with Crippen LogP contribution in [0.5, 0.6) is 0 Å². The van der Waals surface area contributed by atoms with Crippen molar-refractivity contribution in [2.75, 3.05) is 6.61 Å². The Morgan fingerprint density at radius 1 is 1.50 bits per heavy atom. The fraction of sp³-hybridized carbons (Fsp3) is 0.615. The molecule has 98 valence electrons. The number of esters is 1. The van der Waals surface area contributed by atoms with Crippen LogP contribution >= 0.6 is 0 Å². The van der Waals surface area contributed by atoms with Gasteiger partial charge >= 0.3 is 5.97 Å². The van der Waals surface area contributed by atoms with E-state index in [1.807, 2.05) is 13.8 Å². The third-order valence-corrected chi connectivity index (χ3v) is 3.42. The molecule has 0 amide bonds. The molecule has 0 N–H and O–H groups in total. The second-order valence-electron chi connectivity index (χ2n) is 4.75. The largest absolute Gasteiger partial charge is 0.462 e. The minimum absolute atomic E-state index is 0.0292. The maximum Gasteiger partial charge on any atom is 0.345 e. The molecular formula is C13H18N2O3. The van der Waals surface area contributed by atoms with Gasteiger partial charge in [-0.3, -0.25) is 9.36 Å². The third kappa shape index (κ3) is 2.05. The average molecular weight is 250 g/mol. The van der Waals surface area contributed by atoms with Crippen molar-refractivity contribution in [3.05, 3.63) is 27.9 Å². The highest BCUT2D eigenvalue weighted by atomic mass is 16.5. The molecule has 0 aromatic carbocycles. The third-order valence-electron chi connectivity index (χ3n) is 3.42. The lowest BCUT2D eigenvalue weighted by Gasteiger charge is -2.28. The highest BCUT2D eigenvalue weighted by Crippen LogP contribution is 2.29. The van der Waals surface area contributed by atoms with Crippen molar-refractivity contribution in [1.29, 1.82) is 0 Å². The number of hydrogen-bond donors (Lipinski definition) is 0. The molecule has 0 spiro atoms. The van der Waals surface area contributed by atoms with E-state index in [1.165, 1.54) is 6.20 Å². The van der Waals surface area contributed by atoms with Crippen LogP contribution in [-0.2, 0) is 4.74 Å². The summed E-state index contributed by atoms with van der Waals surface area (Å²) < 4.78 is 6.51. The van der Waals surface area contributed by atoms with Crippen LogP contribution in [0.25, 0.3) is 0 Å². The summed E-state index contributed by atoms with van der Waals surface area (Å²) in [7, 11) is 0. The van der Waals surface area contributed by atoms with E-state index < -0.39 is 5.97 Å². The summed E-state index contributed by atoms with van der Waals surface area (Å²) in [6.45, 7) is 6.00. The Labute approximate surface area is 106 Å². The van der Waals surface area contributed by atoms with Gasteiger partial charge in [-0.25, -0.2) is 9.78 Å². The standard InChI is InChI=1S/C13H18N2O3/c1-4-18-13(17)10-7-14-11-8(2)5-6-9(3)15(11)12(10)16/h7-9H,4-6H2,1-3H3/t8-,9-/m0/s1. The molecule has 5 nitrogen and oxygen atoms in total. The Kier molecular flexibility index (Phi) is 3.50. The summed E-state index contributed by atoms with van der Waals surface area (Å²) in [5, 5.41) is 0. The molecule has 5 heteroatoms. The van der Waals surface area contributed by atoms with Gasteiger partial charge in [-0.05, 0) is 26.7 Å². The lowest BCUT2D eigenvalue weighted by Crippen LogP contribution is -2.35. The molecule has 1 aromatic heterocycles.